The molecule has 0 saturated carbocycles. The molecule has 1 aliphatic carbocycles. The molecule has 1 aliphatic heterocycles. The van der Waals surface area contributed by atoms with E-state index in [4.69, 9.17) is 9.72 Å². The Hall–Kier alpha value is -2.54. The van der Waals surface area contributed by atoms with Gasteiger partial charge in [0.1, 0.15) is 11.6 Å². The average molecular weight is 426 g/mol. The number of aromatic nitrogens is 2. The predicted octanol–water partition coefficient (Wildman–Crippen LogP) is 4.48. The van der Waals surface area contributed by atoms with Gasteiger partial charge >= 0.3 is 0 Å². The molecule has 0 fully saturated rings. The Labute approximate surface area is 180 Å². The van der Waals surface area contributed by atoms with Crippen LogP contribution in [0.2, 0.25) is 0 Å². The summed E-state index contributed by atoms with van der Waals surface area (Å²) in [7, 11) is 1.62. The lowest BCUT2D eigenvalue weighted by molar-refractivity contribution is -0.118. The molecule has 1 atom stereocenters. The molecule has 7 heteroatoms. The summed E-state index contributed by atoms with van der Waals surface area (Å²) in [6, 6.07) is 7.58. The number of H-pyrrole nitrogens is 1. The minimum atomic E-state index is -0.438. The van der Waals surface area contributed by atoms with Gasteiger partial charge in [-0.15, -0.1) is 0 Å². The van der Waals surface area contributed by atoms with Gasteiger partial charge in [0.05, 0.1) is 12.7 Å². The molecule has 158 valence electrons. The highest BCUT2D eigenvalue weighted by molar-refractivity contribution is 7.99. The molecule has 30 heavy (non-hydrogen) atoms. The monoisotopic (exact) mass is 425 g/mol. The van der Waals surface area contributed by atoms with Crippen molar-refractivity contribution in [3.05, 3.63) is 57.0 Å². The average Bonchev–Trinajstić information content (AvgIpc) is 2.70. The first-order valence-corrected chi connectivity index (χ1v) is 11.3. The van der Waals surface area contributed by atoms with Gasteiger partial charge in [0.2, 0.25) is 0 Å². The summed E-state index contributed by atoms with van der Waals surface area (Å²) >= 11 is 1.53. The molecule has 2 aliphatic rings. The third-order valence-electron chi connectivity index (χ3n) is 5.59. The van der Waals surface area contributed by atoms with Crippen LogP contribution >= 0.6 is 11.8 Å². The molecule has 2 heterocycles. The summed E-state index contributed by atoms with van der Waals surface area (Å²) in [6.07, 6.45) is 2.20. The number of rotatable bonds is 5. The number of aromatic amines is 1. The van der Waals surface area contributed by atoms with Crippen molar-refractivity contribution in [3.8, 4) is 5.75 Å². The number of hydrogen-bond donors (Lipinski definition) is 2. The van der Waals surface area contributed by atoms with Crippen LogP contribution in [0.1, 0.15) is 57.1 Å². The molecule has 0 saturated heterocycles. The van der Waals surface area contributed by atoms with Crippen molar-refractivity contribution < 1.29 is 9.53 Å². The minimum absolute atomic E-state index is 0.0871. The van der Waals surface area contributed by atoms with Gasteiger partial charge in [0, 0.05) is 29.4 Å². The molecule has 1 aromatic carbocycles. The summed E-state index contributed by atoms with van der Waals surface area (Å²) in [5.41, 5.74) is 2.64. The van der Waals surface area contributed by atoms with E-state index in [1.807, 2.05) is 24.3 Å². The fraction of sp³-hybridized carbons (Fsp3) is 0.435. The number of nitrogens with one attached hydrogen (secondary N) is 2. The van der Waals surface area contributed by atoms with E-state index in [0.29, 0.717) is 28.5 Å². The molecule has 0 spiro atoms. The number of anilines is 1. The molecule has 2 N–H and O–H groups in total. The van der Waals surface area contributed by atoms with Crippen LogP contribution in [0.15, 0.2) is 45.5 Å². The zero-order valence-electron chi connectivity index (χ0n) is 17.8. The number of carbonyl (C=O) groups excluding carboxylic acids is 1. The van der Waals surface area contributed by atoms with Crippen molar-refractivity contribution in [2.45, 2.75) is 51.1 Å². The highest BCUT2D eigenvalue weighted by atomic mass is 32.2. The minimum Gasteiger partial charge on any atom is -0.497 e. The molecular weight excluding hydrogens is 398 g/mol. The molecule has 4 rings (SSSR count). The Morgan fingerprint density at radius 1 is 1.20 bits per heavy atom. The van der Waals surface area contributed by atoms with Crippen molar-refractivity contribution in [3.63, 3.8) is 0 Å². The zero-order valence-corrected chi connectivity index (χ0v) is 18.6. The number of methoxy groups -OCH3 is 1. The predicted molar refractivity (Wildman–Crippen MR) is 119 cm³/mol. The Morgan fingerprint density at radius 2 is 1.93 bits per heavy atom. The molecular formula is C23H27N3O3S. The van der Waals surface area contributed by atoms with Crippen LogP contribution in [0.25, 0.3) is 0 Å². The van der Waals surface area contributed by atoms with E-state index in [1.54, 1.807) is 7.11 Å². The maximum Gasteiger partial charge on any atom is 0.257 e. The summed E-state index contributed by atoms with van der Waals surface area (Å²) < 4.78 is 5.28. The highest BCUT2D eigenvalue weighted by Gasteiger charge is 2.42. The van der Waals surface area contributed by atoms with Crippen LogP contribution in [0.3, 0.4) is 0 Å². The smallest absolute Gasteiger partial charge is 0.257 e. The lowest BCUT2D eigenvalue weighted by Crippen LogP contribution is -2.37. The number of allylic oxidation sites excluding steroid dienone is 2. The Bertz CT molecular complexity index is 1070. The molecule has 2 aromatic rings. The van der Waals surface area contributed by atoms with Gasteiger partial charge in [-0.3, -0.25) is 9.59 Å². The zero-order chi connectivity index (χ0) is 21.5. The maximum atomic E-state index is 13.2. The number of hydrogen-bond acceptors (Lipinski definition) is 6. The second kappa shape index (κ2) is 7.95. The number of ketones is 1. The van der Waals surface area contributed by atoms with Crippen molar-refractivity contribution in [1.82, 2.24) is 9.97 Å². The summed E-state index contributed by atoms with van der Waals surface area (Å²) in [6.45, 7) is 6.29. The number of carbonyl (C=O) groups is 1. The van der Waals surface area contributed by atoms with Crippen molar-refractivity contribution in [2.24, 2.45) is 5.41 Å². The molecule has 0 radical (unpaired) electrons. The summed E-state index contributed by atoms with van der Waals surface area (Å²) in [5, 5.41) is 3.96. The standard InChI is InChI=1S/C23H27N3O3S/c1-5-10-30-22-25-20-19(21(28)26-22)17(13-6-8-14(29-4)9-7-13)18-15(24-20)11-23(2,3)12-16(18)27/h6-9,17H,5,10-12H2,1-4H3,(H2,24,25,26,28). The van der Waals surface area contributed by atoms with Gasteiger partial charge in [-0.1, -0.05) is 44.7 Å². The Kier molecular flexibility index (Phi) is 5.49. The quantitative estimate of drug-likeness (QED) is 0.543. The van der Waals surface area contributed by atoms with E-state index < -0.39 is 5.92 Å². The van der Waals surface area contributed by atoms with Crippen LogP contribution < -0.4 is 15.6 Å². The third-order valence-corrected chi connectivity index (χ3v) is 6.67. The number of benzene rings is 1. The molecule has 0 bridgehead atoms. The fourth-order valence-electron chi connectivity index (χ4n) is 4.29. The van der Waals surface area contributed by atoms with Crippen LogP contribution in [0, 0.1) is 5.41 Å². The van der Waals surface area contributed by atoms with Crippen LogP contribution in [0.4, 0.5) is 5.82 Å². The van der Waals surface area contributed by atoms with Gasteiger partial charge in [-0.05, 0) is 36.0 Å². The number of nitrogens with zero attached hydrogens (tertiary/aromatic N) is 1. The lowest BCUT2D eigenvalue weighted by atomic mass is 9.69. The van der Waals surface area contributed by atoms with E-state index in [-0.39, 0.29) is 16.8 Å². The van der Waals surface area contributed by atoms with E-state index in [2.05, 4.69) is 31.1 Å². The SMILES string of the molecule is CCCSc1nc2c(c(=O)[nH]1)C(c1ccc(OC)cc1)C1=C(CC(C)(C)CC1=O)N2. The second-order valence-electron chi connectivity index (χ2n) is 8.65. The summed E-state index contributed by atoms with van der Waals surface area (Å²) in [5.74, 6) is 1.82. The normalized spacial score (nSPS) is 19.7. The van der Waals surface area contributed by atoms with Gasteiger partial charge in [0.15, 0.2) is 10.9 Å². The molecule has 1 aromatic heterocycles. The van der Waals surface area contributed by atoms with Crippen molar-refractivity contribution in [2.75, 3.05) is 18.2 Å². The number of fused-ring (bicyclic) bond motifs is 1. The Morgan fingerprint density at radius 3 is 2.60 bits per heavy atom. The van der Waals surface area contributed by atoms with Gasteiger partial charge < -0.3 is 15.0 Å². The van der Waals surface area contributed by atoms with E-state index in [0.717, 1.165) is 35.6 Å². The number of ether oxygens (including phenoxy) is 1. The molecule has 0 amide bonds. The first-order valence-electron chi connectivity index (χ1n) is 10.3. The van der Waals surface area contributed by atoms with E-state index in [9.17, 15) is 9.59 Å². The third kappa shape index (κ3) is 3.78. The maximum absolute atomic E-state index is 13.2. The van der Waals surface area contributed by atoms with Gasteiger partial charge in [0.25, 0.3) is 5.56 Å². The molecule has 1 unspecified atom stereocenters. The largest absolute Gasteiger partial charge is 0.497 e. The molecule has 6 nitrogen and oxygen atoms in total. The first kappa shape index (κ1) is 20.7. The number of Topliss-reactive ketones (excluding diaryl/α,β-unsaturated/α-hetero) is 1. The number of thioether (sulfide) groups is 1. The van der Waals surface area contributed by atoms with E-state index in [1.165, 1.54) is 11.8 Å². The van der Waals surface area contributed by atoms with Crippen LogP contribution in [0.5, 0.6) is 5.75 Å². The first-order chi connectivity index (χ1) is 14.3. The highest BCUT2D eigenvalue weighted by Crippen LogP contribution is 2.47. The topological polar surface area (TPSA) is 84.1 Å². The van der Waals surface area contributed by atoms with Gasteiger partial charge in [-0.25, -0.2) is 4.98 Å². The van der Waals surface area contributed by atoms with Crippen molar-refractivity contribution in [1.29, 1.82) is 0 Å². The van der Waals surface area contributed by atoms with Crippen molar-refractivity contribution >= 4 is 23.4 Å². The van der Waals surface area contributed by atoms with Crippen LogP contribution in [-0.4, -0.2) is 28.6 Å². The van der Waals surface area contributed by atoms with Gasteiger partial charge in [-0.2, -0.15) is 0 Å². The lowest BCUT2D eigenvalue weighted by Gasteiger charge is -2.38. The fourth-order valence-corrected chi connectivity index (χ4v) is 5.01. The van der Waals surface area contributed by atoms with E-state index >= 15 is 0 Å². The summed E-state index contributed by atoms with van der Waals surface area (Å²) in [4.78, 5) is 34.0. The van der Waals surface area contributed by atoms with Crippen LogP contribution in [-0.2, 0) is 4.79 Å². The second-order valence-corrected chi connectivity index (χ2v) is 9.73. The Balaban J connectivity index is 1.89.